The fourth-order valence-electron chi connectivity index (χ4n) is 2.38. The summed E-state index contributed by atoms with van der Waals surface area (Å²) in [6.07, 6.45) is 1.26. The van der Waals surface area contributed by atoms with E-state index in [1.165, 1.54) is 13.4 Å². The van der Waals surface area contributed by atoms with Gasteiger partial charge in [-0.05, 0) is 12.1 Å². The molecule has 6 heteroatoms. The summed E-state index contributed by atoms with van der Waals surface area (Å²) in [5, 5.41) is 21.0. The summed E-state index contributed by atoms with van der Waals surface area (Å²) >= 11 is 0. The van der Waals surface area contributed by atoms with Crippen LogP contribution in [0.4, 0.5) is 0 Å². The number of para-hydroxylation sites is 2. The molecule has 0 radical (unpaired) electrons. The Balaban J connectivity index is 2.56. The summed E-state index contributed by atoms with van der Waals surface area (Å²) in [5.41, 5.74) is 1.42. The van der Waals surface area contributed by atoms with Crippen molar-refractivity contribution in [3.8, 4) is 11.5 Å². The molecule has 0 bridgehead atoms. The van der Waals surface area contributed by atoms with Crippen molar-refractivity contribution in [2.75, 3.05) is 7.11 Å². The second-order valence-corrected chi connectivity index (χ2v) is 4.36. The molecule has 0 unspecified atom stereocenters. The zero-order valence-electron chi connectivity index (χ0n) is 11.4. The second-order valence-electron chi connectivity index (χ2n) is 4.36. The topological polar surface area (TPSA) is 66.7 Å². The van der Waals surface area contributed by atoms with E-state index < -0.39 is 0 Å². The first-order valence-electron chi connectivity index (χ1n) is 6.24. The van der Waals surface area contributed by atoms with Crippen molar-refractivity contribution >= 4 is 22.1 Å². The van der Waals surface area contributed by atoms with Crippen LogP contribution < -0.4 is 18.9 Å². The highest BCUT2D eigenvalue weighted by Gasteiger charge is 2.33. The summed E-state index contributed by atoms with van der Waals surface area (Å²) in [4.78, 5) is 0. The van der Waals surface area contributed by atoms with E-state index in [0.29, 0.717) is 33.6 Å². The summed E-state index contributed by atoms with van der Waals surface area (Å²) in [6, 6.07) is 10.1. The number of nitrogens with zero attached hydrogens (tertiary/aromatic N) is 2. The maximum atomic E-state index is 10.5. The predicted octanol–water partition coefficient (Wildman–Crippen LogP) is 1.57. The molecule has 21 heavy (non-hydrogen) atoms. The van der Waals surface area contributed by atoms with E-state index in [1.54, 1.807) is 36.4 Å². The maximum absolute atomic E-state index is 10.5. The normalized spacial score (nSPS) is 10.7. The molecule has 0 aliphatic heterocycles. The van der Waals surface area contributed by atoms with Crippen LogP contribution in [-0.4, -0.2) is 17.5 Å². The van der Waals surface area contributed by atoms with E-state index in [2.05, 4.69) is 6.58 Å². The zero-order chi connectivity index (χ0) is 15.0. The summed E-state index contributed by atoms with van der Waals surface area (Å²) in [6.45, 7) is 3.50. The molecule has 0 aliphatic carbocycles. The van der Waals surface area contributed by atoms with Gasteiger partial charge in [0.25, 0.3) is 0 Å². The first-order valence-corrected chi connectivity index (χ1v) is 6.24. The van der Waals surface area contributed by atoms with Gasteiger partial charge in [0.1, 0.15) is 0 Å². The van der Waals surface area contributed by atoms with Crippen LogP contribution in [0.15, 0.2) is 49.2 Å². The zero-order valence-corrected chi connectivity index (χ0v) is 11.4. The third-order valence-electron chi connectivity index (χ3n) is 3.27. The number of fused-ring (bicyclic) bond motifs is 2. The lowest BCUT2D eigenvalue weighted by atomic mass is 10.2. The predicted molar refractivity (Wildman–Crippen MR) is 73.6 cm³/mol. The van der Waals surface area contributed by atoms with Crippen LogP contribution in [0.25, 0.3) is 22.1 Å². The molecule has 3 aromatic rings. The Kier molecular flexibility index (Phi) is 2.98. The Morgan fingerprint density at radius 3 is 2.00 bits per heavy atom. The van der Waals surface area contributed by atoms with Crippen LogP contribution in [0.3, 0.4) is 0 Å². The number of hydrogen-bond donors (Lipinski definition) is 2. The van der Waals surface area contributed by atoms with Gasteiger partial charge in [0, 0.05) is 21.6 Å². The van der Waals surface area contributed by atoms with Crippen molar-refractivity contribution < 1.29 is 29.3 Å². The van der Waals surface area contributed by atoms with E-state index >= 15 is 0 Å². The number of aromatic nitrogens is 2. The summed E-state index contributed by atoms with van der Waals surface area (Å²) in [7, 11) is 1.50. The van der Waals surface area contributed by atoms with Crippen molar-refractivity contribution in [2.45, 2.75) is 0 Å². The molecule has 0 amide bonds. The Morgan fingerprint density at radius 2 is 1.48 bits per heavy atom. The number of methoxy groups -OCH3 is 1. The number of rotatable bonds is 3. The molecule has 0 saturated carbocycles. The van der Waals surface area contributed by atoms with Gasteiger partial charge in [-0.1, -0.05) is 18.7 Å². The summed E-state index contributed by atoms with van der Waals surface area (Å²) < 4.78 is 12.4. The Morgan fingerprint density at radius 1 is 0.952 bits per heavy atom. The largest absolute Gasteiger partial charge is 0.490 e. The molecule has 0 saturated heterocycles. The Bertz CT molecular complexity index is 861. The first kappa shape index (κ1) is 13.0. The highest BCUT2D eigenvalue weighted by molar-refractivity contribution is 5.82. The van der Waals surface area contributed by atoms with Gasteiger partial charge in [0.05, 0.1) is 13.4 Å². The molecule has 0 spiro atoms. The number of hydrogen-bond acceptors (Lipinski definition) is 4. The molecule has 0 fully saturated rings. The van der Waals surface area contributed by atoms with Crippen LogP contribution in [0.1, 0.15) is 0 Å². The molecule has 2 aromatic carbocycles. The van der Waals surface area contributed by atoms with Crippen LogP contribution in [0, 0.1) is 0 Å². The fraction of sp³-hybridized carbons (Fsp3) is 0.0667. The van der Waals surface area contributed by atoms with Crippen LogP contribution >= 0.6 is 0 Å². The minimum absolute atomic E-state index is 0.320. The molecule has 3 rings (SSSR count). The van der Waals surface area contributed by atoms with Gasteiger partial charge < -0.3 is 9.47 Å². The quantitative estimate of drug-likeness (QED) is 0.332. The molecular weight excluding hydrogens is 272 g/mol. The van der Waals surface area contributed by atoms with E-state index in [-0.39, 0.29) is 0 Å². The first-order chi connectivity index (χ1) is 10.2. The van der Waals surface area contributed by atoms with Gasteiger partial charge in [-0.2, -0.15) is 0 Å². The van der Waals surface area contributed by atoms with Gasteiger partial charge >= 0.3 is 22.1 Å². The van der Waals surface area contributed by atoms with Gasteiger partial charge in [0.15, 0.2) is 0 Å². The minimum atomic E-state index is 0.320. The lowest BCUT2D eigenvalue weighted by Crippen LogP contribution is -2.43. The van der Waals surface area contributed by atoms with Gasteiger partial charge in [0.2, 0.25) is 11.5 Å². The lowest BCUT2D eigenvalue weighted by Gasteiger charge is -2.03. The fourth-order valence-corrected chi connectivity index (χ4v) is 2.38. The highest BCUT2D eigenvalue weighted by Crippen LogP contribution is 2.25. The van der Waals surface area contributed by atoms with E-state index in [4.69, 9.17) is 9.47 Å². The standard InChI is InChI=1S/C15H14N2O4/c1-3-21-13-9-5-7-11-15(13)17(19)10-6-4-8-12(20-2)14(10)16(11)18/h3-9,18-19H,1H2,2H3/q+2. The van der Waals surface area contributed by atoms with Gasteiger partial charge in [-0.3, -0.25) is 10.4 Å². The Hall–Kier alpha value is -3.02. The van der Waals surface area contributed by atoms with Crippen LogP contribution in [-0.2, 0) is 0 Å². The number of benzene rings is 2. The van der Waals surface area contributed by atoms with Crippen molar-refractivity contribution in [1.82, 2.24) is 0 Å². The summed E-state index contributed by atoms with van der Waals surface area (Å²) in [5.74, 6) is 0.812. The molecular formula is C15H14N2O4+2. The number of ether oxygens (including phenoxy) is 2. The highest BCUT2D eigenvalue weighted by atomic mass is 16.5. The van der Waals surface area contributed by atoms with Crippen molar-refractivity contribution in [3.63, 3.8) is 0 Å². The second kappa shape index (κ2) is 4.82. The van der Waals surface area contributed by atoms with Gasteiger partial charge in [-0.25, -0.2) is 0 Å². The molecule has 0 atom stereocenters. The molecule has 0 aliphatic rings. The van der Waals surface area contributed by atoms with Crippen LogP contribution in [0.5, 0.6) is 11.5 Å². The third kappa shape index (κ3) is 1.80. The van der Waals surface area contributed by atoms with Crippen LogP contribution in [0.2, 0.25) is 0 Å². The maximum Gasteiger partial charge on any atom is 0.375 e. The molecule has 1 heterocycles. The van der Waals surface area contributed by atoms with Gasteiger partial charge in [-0.15, -0.1) is 0 Å². The average molecular weight is 286 g/mol. The monoisotopic (exact) mass is 286 g/mol. The molecule has 1 aromatic heterocycles. The SMILES string of the molecule is C=COc1cccc2c1[n+](O)c1cccc(OC)c1[n+]2O. The van der Waals surface area contributed by atoms with E-state index in [1.807, 2.05) is 0 Å². The molecule has 2 N–H and O–H groups in total. The Labute approximate surface area is 120 Å². The van der Waals surface area contributed by atoms with E-state index in [9.17, 15) is 10.4 Å². The smallest absolute Gasteiger partial charge is 0.375 e. The average Bonchev–Trinajstić information content (AvgIpc) is 2.52. The minimum Gasteiger partial charge on any atom is -0.490 e. The molecule has 6 nitrogen and oxygen atoms in total. The van der Waals surface area contributed by atoms with Crippen molar-refractivity contribution in [2.24, 2.45) is 0 Å². The third-order valence-corrected chi connectivity index (χ3v) is 3.27. The molecule has 106 valence electrons. The van der Waals surface area contributed by atoms with Crippen molar-refractivity contribution in [1.29, 1.82) is 0 Å². The van der Waals surface area contributed by atoms with E-state index in [0.717, 1.165) is 9.46 Å². The lowest BCUT2D eigenvalue weighted by molar-refractivity contribution is -0.894. The van der Waals surface area contributed by atoms with Crippen molar-refractivity contribution in [3.05, 3.63) is 49.2 Å².